The molecular formula is C14H17N7O. The fraction of sp³-hybridized carbons (Fsp3) is 0.357. The Hall–Kier alpha value is -2.77. The van der Waals surface area contributed by atoms with Gasteiger partial charge < -0.3 is 9.88 Å². The van der Waals surface area contributed by atoms with Crippen molar-refractivity contribution in [1.29, 1.82) is 0 Å². The topological polar surface area (TPSA) is 90.5 Å². The molecule has 1 amide bonds. The minimum atomic E-state index is -0.165. The van der Waals surface area contributed by atoms with E-state index >= 15 is 0 Å². The number of fused-ring (bicyclic) bond motifs is 1. The molecule has 0 bridgehead atoms. The molecule has 3 heterocycles. The van der Waals surface area contributed by atoms with Crippen LogP contribution in [0.25, 0.3) is 11.2 Å². The standard InChI is InChI=1S/C14H17N7O/c1-9-8-21(19-18-9)7-6-16-14(22)11-4-5-15-13-12(11)17-10(2)20(13)3/h4-5,8H,6-7H2,1-3H3,(H,16,22). The Balaban J connectivity index is 1.73. The zero-order chi connectivity index (χ0) is 15.7. The van der Waals surface area contributed by atoms with E-state index in [4.69, 9.17) is 0 Å². The van der Waals surface area contributed by atoms with E-state index in [2.05, 4.69) is 25.6 Å². The number of carbonyl (C=O) groups is 1. The van der Waals surface area contributed by atoms with Crippen molar-refractivity contribution in [1.82, 2.24) is 34.8 Å². The average Bonchev–Trinajstić information content (AvgIpc) is 3.03. The van der Waals surface area contributed by atoms with Crippen molar-refractivity contribution in [3.05, 3.63) is 35.5 Å². The van der Waals surface area contributed by atoms with Crippen LogP contribution < -0.4 is 5.32 Å². The van der Waals surface area contributed by atoms with Crippen LogP contribution in [-0.4, -0.2) is 42.0 Å². The molecule has 0 saturated carbocycles. The van der Waals surface area contributed by atoms with Crippen LogP contribution in [0.3, 0.4) is 0 Å². The van der Waals surface area contributed by atoms with Crippen molar-refractivity contribution in [2.75, 3.05) is 6.54 Å². The lowest BCUT2D eigenvalue weighted by atomic mass is 10.2. The molecule has 0 unspecified atom stereocenters. The maximum atomic E-state index is 12.3. The number of amides is 1. The van der Waals surface area contributed by atoms with Crippen LogP contribution in [0.4, 0.5) is 0 Å². The number of hydrogen-bond donors (Lipinski definition) is 1. The summed E-state index contributed by atoms with van der Waals surface area (Å²) >= 11 is 0. The predicted octanol–water partition coefficient (Wildman–Crippen LogP) is 0.607. The van der Waals surface area contributed by atoms with Crippen LogP contribution in [0.1, 0.15) is 21.9 Å². The maximum absolute atomic E-state index is 12.3. The van der Waals surface area contributed by atoms with Gasteiger partial charge in [0.25, 0.3) is 5.91 Å². The average molecular weight is 299 g/mol. The van der Waals surface area contributed by atoms with Crippen LogP contribution in [-0.2, 0) is 13.6 Å². The molecule has 0 radical (unpaired) electrons. The summed E-state index contributed by atoms with van der Waals surface area (Å²) in [5.41, 5.74) is 2.71. The van der Waals surface area contributed by atoms with E-state index in [9.17, 15) is 4.79 Å². The molecule has 0 aromatic carbocycles. The number of hydrogen-bond acceptors (Lipinski definition) is 5. The van der Waals surface area contributed by atoms with Crippen LogP contribution in [0.15, 0.2) is 18.5 Å². The molecular weight excluding hydrogens is 282 g/mol. The molecule has 114 valence electrons. The summed E-state index contributed by atoms with van der Waals surface area (Å²) in [5.74, 6) is 0.656. The Morgan fingerprint density at radius 2 is 2.18 bits per heavy atom. The lowest BCUT2D eigenvalue weighted by molar-refractivity contribution is 0.0953. The summed E-state index contributed by atoms with van der Waals surface area (Å²) in [6, 6.07) is 1.68. The van der Waals surface area contributed by atoms with Gasteiger partial charge in [-0.2, -0.15) is 0 Å². The van der Waals surface area contributed by atoms with Gasteiger partial charge in [0.1, 0.15) is 11.3 Å². The molecule has 0 saturated heterocycles. The van der Waals surface area contributed by atoms with E-state index in [1.54, 1.807) is 16.9 Å². The Kier molecular flexibility index (Phi) is 3.58. The summed E-state index contributed by atoms with van der Waals surface area (Å²) in [6.45, 7) is 4.80. The quantitative estimate of drug-likeness (QED) is 0.762. The van der Waals surface area contributed by atoms with Gasteiger partial charge in [0.15, 0.2) is 5.65 Å². The molecule has 0 aliphatic rings. The Morgan fingerprint density at radius 1 is 1.36 bits per heavy atom. The van der Waals surface area contributed by atoms with E-state index in [-0.39, 0.29) is 5.91 Å². The van der Waals surface area contributed by atoms with Crippen LogP contribution in [0.5, 0.6) is 0 Å². The summed E-state index contributed by atoms with van der Waals surface area (Å²) < 4.78 is 3.56. The Bertz CT molecular complexity index is 833. The van der Waals surface area contributed by atoms with E-state index in [0.29, 0.717) is 29.8 Å². The first-order valence-corrected chi connectivity index (χ1v) is 6.99. The first kappa shape index (κ1) is 14.2. The normalized spacial score (nSPS) is 11.0. The number of pyridine rings is 1. The third-order valence-electron chi connectivity index (χ3n) is 3.51. The number of nitrogens with one attached hydrogen (secondary N) is 1. The first-order valence-electron chi connectivity index (χ1n) is 6.99. The summed E-state index contributed by atoms with van der Waals surface area (Å²) in [4.78, 5) is 21.0. The second kappa shape index (κ2) is 5.55. The number of carbonyl (C=O) groups excluding carboxylic acids is 1. The Labute approximate surface area is 127 Å². The highest BCUT2D eigenvalue weighted by Crippen LogP contribution is 2.16. The lowest BCUT2D eigenvalue weighted by Crippen LogP contribution is -2.27. The third kappa shape index (κ3) is 2.54. The molecule has 3 aromatic rings. The smallest absolute Gasteiger partial charge is 0.253 e. The molecule has 0 atom stereocenters. The highest BCUT2D eigenvalue weighted by Gasteiger charge is 2.15. The van der Waals surface area contributed by atoms with Crippen LogP contribution in [0, 0.1) is 13.8 Å². The van der Waals surface area contributed by atoms with Crippen LogP contribution in [0.2, 0.25) is 0 Å². The number of aromatic nitrogens is 6. The lowest BCUT2D eigenvalue weighted by Gasteiger charge is -2.05. The van der Waals surface area contributed by atoms with Gasteiger partial charge in [-0.1, -0.05) is 5.21 Å². The zero-order valence-electron chi connectivity index (χ0n) is 12.7. The van der Waals surface area contributed by atoms with Gasteiger partial charge in [0.2, 0.25) is 0 Å². The SMILES string of the molecule is Cc1cn(CCNC(=O)c2ccnc3c2nc(C)n3C)nn1. The van der Waals surface area contributed by atoms with Crippen molar-refractivity contribution >= 4 is 17.1 Å². The fourth-order valence-corrected chi connectivity index (χ4v) is 2.26. The van der Waals surface area contributed by atoms with E-state index in [1.807, 2.05) is 31.7 Å². The predicted molar refractivity (Wildman–Crippen MR) is 80.3 cm³/mol. The molecule has 1 N–H and O–H groups in total. The summed E-state index contributed by atoms with van der Waals surface area (Å²) in [6.07, 6.45) is 3.46. The third-order valence-corrected chi connectivity index (χ3v) is 3.51. The van der Waals surface area contributed by atoms with E-state index in [0.717, 1.165) is 11.5 Å². The molecule has 8 nitrogen and oxygen atoms in total. The van der Waals surface area contributed by atoms with Crippen molar-refractivity contribution in [2.24, 2.45) is 7.05 Å². The molecule has 0 spiro atoms. The number of nitrogens with zero attached hydrogens (tertiary/aromatic N) is 6. The van der Waals surface area contributed by atoms with Gasteiger partial charge in [-0.25, -0.2) is 9.97 Å². The molecule has 0 aliphatic carbocycles. The molecule has 3 rings (SSSR count). The van der Waals surface area contributed by atoms with Gasteiger partial charge in [0.05, 0.1) is 17.8 Å². The van der Waals surface area contributed by atoms with Gasteiger partial charge in [-0.3, -0.25) is 9.48 Å². The van der Waals surface area contributed by atoms with Gasteiger partial charge in [-0.15, -0.1) is 5.10 Å². The van der Waals surface area contributed by atoms with E-state index < -0.39 is 0 Å². The minimum absolute atomic E-state index is 0.165. The molecule has 0 aliphatic heterocycles. The highest BCUT2D eigenvalue weighted by atomic mass is 16.1. The fourth-order valence-electron chi connectivity index (χ4n) is 2.26. The van der Waals surface area contributed by atoms with Gasteiger partial charge in [-0.05, 0) is 19.9 Å². The molecule has 8 heteroatoms. The zero-order valence-corrected chi connectivity index (χ0v) is 12.7. The first-order chi connectivity index (χ1) is 10.6. The molecule has 0 fully saturated rings. The maximum Gasteiger partial charge on any atom is 0.253 e. The largest absolute Gasteiger partial charge is 0.350 e. The Morgan fingerprint density at radius 3 is 2.91 bits per heavy atom. The monoisotopic (exact) mass is 299 g/mol. The summed E-state index contributed by atoms with van der Waals surface area (Å²) in [5, 5.41) is 10.7. The van der Waals surface area contributed by atoms with Crippen molar-refractivity contribution < 1.29 is 4.79 Å². The van der Waals surface area contributed by atoms with Crippen molar-refractivity contribution in [2.45, 2.75) is 20.4 Å². The number of imidazole rings is 1. The van der Waals surface area contributed by atoms with Crippen molar-refractivity contribution in [3.63, 3.8) is 0 Å². The second-order valence-electron chi connectivity index (χ2n) is 5.13. The van der Waals surface area contributed by atoms with Crippen molar-refractivity contribution in [3.8, 4) is 0 Å². The second-order valence-corrected chi connectivity index (χ2v) is 5.13. The summed E-state index contributed by atoms with van der Waals surface area (Å²) in [7, 11) is 1.88. The van der Waals surface area contributed by atoms with Gasteiger partial charge >= 0.3 is 0 Å². The van der Waals surface area contributed by atoms with Crippen LogP contribution >= 0.6 is 0 Å². The van der Waals surface area contributed by atoms with E-state index in [1.165, 1.54) is 0 Å². The molecule has 22 heavy (non-hydrogen) atoms. The highest BCUT2D eigenvalue weighted by molar-refractivity contribution is 6.04. The minimum Gasteiger partial charge on any atom is -0.350 e. The number of aryl methyl sites for hydroxylation is 3. The number of rotatable bonds is 4. The van der Waals surface area contributed by atoms with Gasteiger partial charge in [0, 0.05) is 26.0 Å². The molecule has 3 aromatic heterocycles.